The molecule has 98 valence electrons. The molecule has 0 saturated carbocycles. The highest BCUT2D eigenvalue weighted by molar-refractivity contribution is 7.09. The zero-order chi connectivity index (χ0) is 13.7. The number of hydrogen-bond acceptors (Lipinski definition) is 4. The molecule has 2 aromatic rings. The predicted octanol–water partition coefficient (Wildman–Crippen LogP) is 3.82. The standard InChI is InChI=1S/C15H17N3S/c1-3-14(15-17-8-9-19-15)18-11(2)13-6-4-12(10-16)5-7-13/h4-9,11,14,18H,3H2,1-2H3. The summed E-state index contributed by atoms with van der Waals surface area (Å²) in [7, 11) is 0. The minimum absolute atomic E-state index is 0.238. The molecule has 0 bridgehead atoms. The number of aromatic nitrogens is 1. The van der Waals surface area contributed by atoms with Crippen molar-refractivity contribution >= 4 is 11.3 Å². The fourth-order valence-corrected chi connectivity index (χ4v) is 2.80. The van der Waals surface area contributed by atoms with Gasteiger partial charge in [-0.1, -0.05) is 19.1 Å². The van der Waals surface area contributed by atoms with Crippen molar-refractivity contribution in [3.8, 4) is 6.07 Å². The van der Waals surface area contributed by atoms with Gasteiger partial charge in [0.1, 0.15) is 5.01 Å². The van der Waals surface area contributed by atoms with Gasteiger partial charge in [-0.2, -0.15) is 5.26 Å². The summed E-state index contributed by atoms with van der Waals surface area (Å²) in [6.07, 6.45) is 2.85. The van der Waals surface area contributed by atoms with Gasteiger partial charge < -0.3 is 5.32 Å². The minimum Gasteiger partial charge on any atom is -0.301 e. The van der Waals surface area contributed by atoms with Gasteiger partial charge in [0.25, 0.3) is 0 Å². The maximum absolute atomic E-state index is 8.80. The van der Waals surface area contributed by atoms with Gasteiger partial charge in [-0.15, -0.1) is 11.3 Å². The van der Waals surface area contributed by atoms with Crippen LogP contribution in [-0.2, 0) is 0 Å². The van der Waals surface area contributed by atoms with Crippen LogP contribution < -0.4 is 5.32 Å². The molecule has 19 heavy (non-hydrogen) atoms. The average Bonchev–Trinajstić information content (AvgIpc) is 2.98. The molecule has 1 aromatic heterocycles. The van der Waals surface area contributed by atoms with Crippen molar-refractivity contribution in [1.82, 2.24) is 10.3 Å². The lowest BCUT2D eigenvalue weighted by molar-refractivity contribution is 0.455. The van der Waals surface area contributed by atoms with E-state index in [2.05, 4.69) is 30.2 Å². The second-order valence-corrected chi connectivity index (χ2v) is 5.38. The topological polar surface area (TPSA) is 48.7 Å². The van der Waals surface area contributed by atoms with E-state index in [0.717, 1.165) is 11.4 Å². The van der Waals surface area contributed by atoms with Gasteiger partial charge in [0.15, 0.2) is 0 Å². The predicted molar refractivity (Wildman–Crippen MR) is 77.9 cm³/mol. The number of thiazole rings is 1. The number of benzene rings is 1. The average molecular weight is 271 g/mol. The van der Waals surface area contributed by atoms with Crippen LogP contribution in [0.4, 0.5) is 0 Å². The van der Waals surface area contributed by atoms with Gasteiger partial charge in [0, 0.05) is 17.6 Å². The summed E-state index contributed by atoms with van der Waals surface area (Å²) >= 11 is 1.68. The Morgan fingerprint density at radius 2 is 2.11 bits per heavy atom. The molecule has 2 unspecified atom stereocenters. The molecule has 1 N–H and O–H groups in total. The molecule has 0 aliphatic carbocycles. The molecule has 3 nitrogen and oxygen atoms in total. The maximum Gasteiger partial charge on any atom is 0.109 e. The van der Waals surface area contributed by atoms with Crippen LogP contribution in [-0.4, -0.2) is 4.98 Å². The Kier molecular flexibility index (Phi) is 4.67. The summed E-state index contributed by atoms with van der Waals surface area (Å²) in [5, 5.41) is 15.5. The summed E-state index contributed by atoms with van der Waals surface area (Å²) < 4.78 is 0. The normalized spacial score (nSPS) is 13.7. The van der Waals surface area contributed by atoms with E-state index in [1.807, 2.05) is 35.8 Å². The van der Waals surface area contributed by atoms with Crippen LogP contribution in [0.2, 0.25) is 0 Å². The van der Waals surface area contributed by atoms with E-state index in [0.29, 0.717) is 5.56 Å². The molecule has 1 aromatic carbocycles. The molecule has 2 atom stereocenters. The highest BCUT2D eigenvalue weighted by Crippen LogP contribution is 2.23. The van der Waals surface area contributed by atoms with Crippen molar-refractivity contribution in [2.24, 2.45) is 0 Å². The summed E-state index contributed by atoms with van der Waals surface area (Å²) in [4.78, 5) is 4.37. The van der Waals surface area contributed by atoms with Gasteiger partial charge in [-0.05, 0) is 31.0 Å². The molecule has 1 heterocycles. The number of nitriles is 1. The molecule has 0 amide bonds. The number of hydrogen-bond donors (Lipinski definition) is 1. The lowest BCUT2D eigenvalue weighted by atomic mass is 10.1. The van der Waals surface area contributed by atoms with Gasteiger partial charge in [-0.25, -0.2) is 4.98 Å². The van der Waals surface area contributed by atoms with E-state index in [1.165, 1.54) is 5.56 Å². The Hall–Kier alpha value is -1.70. The number of rotatable bonds is 5. The Balaban J connectivity index is 2.07. The molecular formula is C15H17N3S. The summed E-state index contributed by atoms with van der Waals surface area (Å²) in [6.45, 7) is 4.29. The zero-order valence-electron chi connectivity index (χ0n) is 11.1. The van der Waals surface area contributed by atoms with Gasteiger partial charge in [-0.3, -0.25) is 0 Å². The molecule has 0 spiro atoms. The summed E-state index contributed by atoms with van der Waals surface area (Å²) in [5.74, 6) is 0. The number of nitrogens with zero attached hydrogens (tertiary/aromatic N) is 2. The van der Waals surface area contributed by atoms with Gasteiger partial charge in [0.05, 0.1) is 17.7 Å². The first-order valence-corrected chi connectivity index (χ1v) is 7.28. The van der Waals surface area contributed by atoms with Crippen molar-refractivity contribution in [3.63, 3.8) is 0 Å². The quantitative estimate of drug-likeness (QED) is 0.899. The van der Waals surface area contributed by atoms with Crippen molar-refractivity contribution in [2.45, 2.75) is 32.4 Å². The molecule has 0 fully saturated rings. The monoisotopic (exact) mass is 271 g/mol. The van der Waals surface area contributed by atoms with E-state index in [-0.39, 0.29) is 12.1 Å². The van der Waals surface area contributed by atoms with Crippen molar-refractivity contribution in [3.05, 3.63) is 52.0 Å². The highest BCUT2D eigenvalue weighted by atomic mass is 32.1. The van der Waals surface area contributed by atoms with Crippen molar-refractivity contribution in [2.75, 3.05) is 0 Å². The molecule has 4 heteroatoms. The lowest BCUT2D eigenvalue weighted by Crippen LogP contribution is -2.24. The molecule has 2 rings (SSSR count). The Labute approximate surface area is 117 Å². The molecule has 0 radical (unpaired) electrons. The lowest BCUT2D eigenvalue weighted by Gasteiger charge is -2.21. The summed E-state index contributed by atoms with van der Waals surface area (Å²) in [6, 6.07) is 10.4. The first-order valence-electron chi connectivity index (χ1n) is 6.40. The van der Waals surface area contributed by atoms with Crippen LogP contribution in [0.3, 0.4) is 0 Å². The largest absolute Gasteiger partial charge is 0.301 e. The van der Waals surface area contributed by atoms with Crippen LogP contribution >= 0.6 is 11.3 Å². The number of nitrogens with one attached hydrogen (secondary N) is 1. The fraction of sp³-hybridized carbons (Fsp3) is 0.333. The van der Waals surface area contributed by atoms with Crippen LogP contribution in [0.5, 0.6) is 0 Å². The maximum atomic E-state index is 8.80. The Bertz CT molecular complexity index is 540. The van der Waals surface area contributed by atoms with E-state index in [4.69, 9.17) is 5.26 Å². The van der Waals surface area contributed by atoms with E-state index >= 15 is 0 Å². The highest BCUT2D eigenvalue weighted by Gasteiger charge is 2.15. The van der Waals surface area contributed by atoms with E-state index in [1.54, 1.807) is 11.3 Å². The Morgan fingerprint density at radius 3 is 2.63 bits per heavy atom. The van der Waals surface area contributed by atoms with Crippen LogP contribution in [0.25, 0.3) is 0 Å². The summed E-state index contributed by atoms with van der Waals surface area (Å²) in [5.41, 5.74) is 1.89. The second kappa shape index (κ2) is 6.46. The van der Waals surface area contributed by atoms with E-state index in [9.17, 15) is 0 Å². The molecule has 0 aliphatic heterocycles. The molecular weight excluding hydrogens is 254 g/mol. The van der Waals surface area contributed by atoms with Crippen LogP contribution in [0, 0.1) is 11.3 Å². The van der Waals surface area contributed by atoms with Gasteiger partial charge in [0.2, 0.25) is 0 Å². The second-order valence-electron chi connectivity index (χ2n) is 4.45. The van der Waals surface area contributed by atoms with Gasteiger partial charge >= 0.3 is 0 Å². The third-order valence-electron chi connectivity index (χ3n) is 3.15. The third-order valence-corrected chi connectivity index (χ3v) is 4.04. The van der Waals surface area contributed by atoms with Crippen molar-refractivity contribution in [1.29, 1.82) is 5.26 Å². The minimum atomic E-state index is 0.238. The molecule has 0 saturated heterocycles. The molecule has 0 aliphatic rings. The zero-order valence-corrected chi connectivity index (χ0v) is 11.9. The first kappa shape index (κ1) is 13.7. The third kappa shape index (κ3) is 3.40. The first-order chi connectivity index (χ1) is 9.24. The van der Waals surface area contributed by atoms with Crippen LogP contribution in [0.15, 0.2) is 35.8 Å². The van der Waals surface area contributed by atoms with Crippen molar-refractivity contribution < 1.29 is 0 Å². The van der Waals surface area contributed by atoms with E-state index < -0.39 is 0 Å². The Morgan fingerprint density at radius 1 is 1.37 bits per heavy atom. The SMILES string of the molecule is CCC(NC(C)c1ccc(C#N)cc1)c1nccs1. The fourth-order valence-electron chi connectivity index (χ4n) is 2.01. The van der Waals surface area contributed by atoms with Crippen LogP contribution in [0.1, 0.15) is 48.5 Å². The smallest absolute Gasteiger partial charge is 0.109 e.